The van der Waals surface area contributed by atoms with E-state index >= 15 is 0 Å². The summed E-state index contributed by atoms with van der Waals surface area (Å²) in [7, 11) is 1.98. The van der Waals surface area contributed by atoms with Gasteiger partial charge in [0.15, 0.2) is 0 Å². The van der Waals surface area contributed by atoms with E-state index in [0.29, 0.717) is 6.04 Å². The molecular weight excluding hydrogens is 150 g/mol. The molecular formula is C9H15N3. The third-order valence-electron chi connectivity index (χ3n) is 1.97. The average Bonchev–Trinajstić information content (AvgIpc) is 2.16. The molecule has 1 atom stereocenters. The molecule has 1 rings (SSSR count). The van der Waals surface area contributed by atoms with Crippen molar-refractivity contribution in [2.75, 3.05) is 7.05 Å². The van der Waals surface area contributed by atoms with Crippen LogP contribution >= 0.6 is 0 Å². The van der Waals surface area contributed by atoms with Crippen LogP contribution in [0.5, 0.6) is 0 Å². The van der Waals surface area contributed by atoms with E-state index in [9.17, 15) is 0 Å². The van der Waals surface area contributed by atoms with Crippen molar-refractivity contribution in [2.45, 2.75) is 25.8 Å². The van der Waals surface area contributed by atoms with Crippen molar-refractivity contribution >= 4 is 0 Å². The van der Waals surface area contributed by atoms with Gasteiger partial charge in [0.05, 0.1) is 0 Å². The van der Waals surface area contributed by atoms with E-state index in [1.165, 1.54) is 5.56 Å². The Morgan fingerprint density at radius 2 is 2.08 bits per heavy atom. The number of hydrogen-bond acceptors (Lipinski definition) is 3. The number of nitrogens with one attached hydrogen (secondary N) is 1. The molecule has 0 saturated carbocycles. The van der Waals surface area contributed by atoms with Crippen molar-refractivity contribution in [3.05, 3.63) is 24.3 Å². The summed E-state index contributed by atoms with van der Waals surface area (Å²) in [6.45, 7) is 2.17. The monoisotopic (exact) mass is 165 g/mol. The van der Waals surface area contributed by atoms with Crippen molar-refractivity contribution in [2.24, 2.45) is 0 Å². The zero-order valence-electron chi connectivity index (χ0n) is 7.62. The van der Waals surface area contributed by atoms with Crippen LogP contribution in [0.3, 0.4) is 0 Å². The van der Waals surface area contributed by atoms with Crippen LogP contribution in [-0.2, 0) is 6.42 Å². The van der Waals surface area contributed by atoms with Crippen molar-refractivity contribution in [1.82, 2.24) is 15.3 Å². The van der Waals surface area contributed by atoms with E-state index < -0.39 is 0 Å². The Morgan fingerprint density at radius 1 is 1.42 bits per heavy atom. The van der Waals surface area contributed by atoms with E-state index in [0.717, 1.165) is 12.8 Å². The minimum absolute atomic E-state index is 0.560. The van der Waals surface area contributed by atoms with Gasteiger partial charge in [-0.3, -0.25) is 0 Å². The summed E-state index contributed by atoms with van der Waals surface area (Å²) in [5.74, 6) is 0. The molecule has 0 aliphatic heterocycles. The van der Waals surface area contributed by atoms with E-state index in [1.807, 2.05) is 19.4 Å². The Balaban J connectivity index is 2.33. The molecule has 0 bridgehead atoms. The number of aromatic nitrogens is 2. The molecule has 0 aliphatic rings. The summed E-state index contributed by atoms with van der Waals surface area (Å²) >= 11 is 0. The Hall–Kier alpha value is -0.960. The Kier molecular flexibility index (Phi) is 3.67. The minimum Gasteiger partial charge on any atom is -0.317 e. The van der Waals surface area contributed by atoms with E-state index in [-0.39, 0.29) is 0 Å². The molecule has 1 aromatic heterocycles. The lowest BCUT2D eigenvalue weighted by atomic mass is 10.1. The molecule has 3 heteroatoms. The summed E-state index contributed by atoms with van der Waals surface area (Å²) in [5.41, 5.74) is 1.21. The van der Waals surface area contributed by atoms with Gasteiger partial charge < -0.3 is 5.32 Å². The van der Waals surface area contributed by atoms with Crippen LogP contribution in [0.15, 0.2) is 18.7 Å². The molecule has 1 aromatic rings. The van der Waals surface area contributed by atoms with Crippen LogP contribution in [0, 0.1) is 0 Å². The molecule has 12 heavy (non-hydrogen) atoms. The third kappa shape index (κ3) is 2.96. The molecule has 66 valence electrons. The van der Waals surface area contributed by atoms with Gasteiger partial charge in [-0.05, 0) is 32.4 Å². The number of nitrogens with zero attached hydrogens (tertiary/aromatic N) is 2. The Labute approximate surface area is 73.2 Å². The summed E-state index contributed by atoms with van der Waals surface area (Å²) in [6, 6.07) is 0.560. The molecule has 1 unspecified atom stereocenters. The normalized spacial score (nSPS) is 12.8. The molecule has 0 amide bonds. The molecule has 0 radical (unpaired) electrons. The van der Waals surface area contributed by atoms with Gasteiger partial charge >= 0.3 is 0 Å². The Bertz CT molecular complexity index is 210. The van der Waals surface area contributed by atoms with Crippen LogP contribution in [0.4, 0.5) is 0 Å². The zero-order chi connectivity index (χ0) is 8.81. The van der Waals surface area contributed by atoms with Crippen LogP contribution < -0.4 is 5.32 Å². The van der Waals surface area contributed by atoms with Gasteiger partial charge in [0.1, 0.15) is 6.33 Å². The van der Waals surface area contributed by atoms with Gasteiger partial charge in [-0.25, -0.2) is 9.97 Å². The summed E-state index contributed by atoms with van der Waals surface area (Å²) < 4.78 is 0. The highest BCUT2D eigenvalue weighted by molar-refractivity contribution is 5.02. The number of rotatable bonds is 4. The van der Waals surface area contributed by atoms with Crippen molar-refractivity contribution in [3.8, 4) is 0 Å². The highest BCUT2D eigenvalue weighted by atomic mass is 14.8. The fraction of sp³-hybridized carbons (Fsp3) is 0.556. The van der Waals surface area contributed by atoms with Crippen LogP contribution in [0.2, 0.25) is 0 Å². The second-order valence-corrected chi connectivity index (χ2v) is 2.98. The lowest BCUT2D eigenvalue weighted by Gasteiger charge is -2.08. The van der Waals surface area contributed by atoms with Crippen LogP contribution in [0.25, 0.3) is 0 Å². The second-order valence-electron chi connectivity index (χ2n) is 2.98. The molecule has 1 heterocycles. The summed E-state index contributed by atoms with van der Waals surface area (Å²) in [5, 5.41) is 3.19. The van der Waals surface area contributed by atoms with Crippen LogP contribution in [-0.4, -0.2) is 23.1 Å². The predicted octanol–water partition coefficient (Wildman–Crippen LogP) is 1.02. The van der Waals surface area contributed by atoms with Gasteiger partial charge in [-0.15, -0.1) is 0 Å². The van der Waals surface area contributed by atoms with E-state index in [1.54, 1.807) is 6.33 Å². The molecule has 0 aliphatic carbocycles. The highest BCUT2D eigenvalue weighted by Crippen LogP contribution is 2.00. The lowest BCUT2D eigenvalue weighted by Crippen LogP contribution is -2.21. The average molecular weight is 165 g/mol. The first-order chi connectivity index (χ1) is 5.83. The first kappa shape index (κ1) is 9.13. The predicted molar refractivity (Wildman–Crippen MR) is 48.9 cm³/mol. The van der Waals surface area contributed by atoms with Gasteiger partial charge in [0.2, 0.25) is 0 Å². The molecule has 0 aromatic carbocycles. The molecule has 0 saturated heterocycles. The Morgan fingerprint density at radius 3 is 2.67 bits per heavy atom. The van der Waals surface area contributed by atoms with Gasteiger partial charge in [0, 0.05) is 18.4 Å². The van der Waals surface area contributed by atoms with Crippen molar-refractivity contribution in [3.63, 3.8) is 0 Å². The molecule has 0 spiro atoms. The SMILES string of the molecule is CNC(C)CCc1cncnc1. The quantitative estimate of drug-likeness (QED) is 0.723. The van der Waals surface area contributed by atoms with Crippen LogP contribution in [0.1, 0.15) is 18.9 Å². The van der Waals surface area contributed by atoms with Crippen molar-refractivity contribution < 1.29 is 0 Å². The smallest absolute Gasteiger partial charge is 0.115 e. The van der Waals surface area contributed by atoms with E-state index in [2.05, 4.69) is 22.2 Å². The third-order valence-corrected chi connectivity index (χ3v) is 1.97. The fourth-order valence-electron chi connectivity index (χ4n) is 0.987. The maximum Gasteiger partial charge on any atom is 0.115 e. The molecule has 3 nitrogen and oxygen atoms in total. The van der Waals surface area contributed by atoms with E-state index in [4.69, 9.17) is 0 Å². The second kappa shape index (κ2) is 4.83. The van der Waals surface area contributed by atoms with Gasteiger partial charge in [-0.2, -0.15) is 0 Å². The number of aryl methyl sites for hydroxylation is 1. The molecule has 1 N–H and O–H groups in total. The minimum atomic E-state index is 0.560. The summed E-state index contributed by atoms with van der Waals surface area (Å²) in [4.78, 5) is 7.91. The molecule has 0 fully saturated rings. The maximum atomic E-state index is 3.96. The fourth-order valence-corrected chi connectivity index (χ4v) is 0.987. The van der Waals surface area contributed by atoms with Gasteiger partial charge in [-0.1, -0.05) is 0 Å². The zero-order valence-corrected chi connectivity index (χ0v) is 7.62. The number of hydrogen-bond donors (Lipinski definition) is 1. The lowest BCUT2D eigenvalue weighted by molar-refractivity contribution is 0.564. The largest absolute Gasteiger partial charge is 0.317 e. The highest BCUT2D eigenvalue weighted by Gasteiger charge is 1.98. The summed E-state index contributed by atoms with van der Waals surface area (Å²) in [6.07, 6.45) is 7.47. The van der Waals surface area contributed by atoms with Gasteiger partial charge in [0.25, 0.3) is 0 Å². The first-order valence-corrected chi connectivity index (χ1v) is 4.24. The van der Waals surface area contributed by atoms with Crippen molar-refractivity contribution in [1.29, 1.82) is 0 Å². The maximum absolute atomic E-state index is 3.96. The standard InChI is InChI=1S/C9H15N3/c1-8(10-2)3-4-9-5-11-7-12-6-9/h5-8,10H,3-4H2,1-2H3. The topological polar surface area (TPSA) is 37.8 Å². The first-order valence-electron chi connectivity index (χ1n) is 4.24.